The fourth-order valence-corrected chi connectivity index (χ4v) is 2.45. The standard InChI is InChI=1S/C15H21N3O3/c1-15(2,3)16-14(19)11-6-7-12(13(10-11)18(20)21)17-8-4-5-9-17/h6-7,10H,4-5,8-9H2,1-3H3,(H,16,19). The number of carbonyl (C=O) groups is 1. The van der Waals surface area contributed by atoms with Crippen LogP contribution in [-0.4, -0.2) is 29.5 Å². The maximum Gasteiger partial charge on any atom is 0.293 e. The van der Waals surface area contributed by atoms with E-state index >= 15 is 0 Å². The van der Waals surface area contributed by atoms with Crippen LogP contribution in [0.1, 0.15) is 44.0 Å². The topological polar surface area (TPSA) is 75.5 Å². The fourth-order valence-electron chi connectivity index (χ4n) is 2.45. The maximum absolute atomic E-state index is 12.1. The summed E-state index contributed by atoms with van der Waals surface area (Å²) >= 11 is 0. The number of rotatable bonds is 3. The molecule has 1 saturated heterocycles. The maximum atomic E-state index is 12.1. The molecule has 6 heteroatoms. The van der Waals surface area contributed by atoms with Crippen molar-refractivity contribution in [1.82, 2.24) is 5.32 Å². The van der Waals surface area contributed by atoms with Gasteiger partial charge in [0, 0.05) is 30.3 Å². The molecule has 2 rings (SSSR count). The van der Waals surface area contributed by atoms with Crippen molar-refractivity contribution in [2.45, 2.75) is 39.2 Å². The van der Waals surface area contributed by atoms with E-state index in [4.69, 9.17) is 0 Å². The SMILES string of the molecule is CC(C)(C)NC(=O)c1ccc(N2CCCC2)c([N+](=O)[O-])c1. The van der Waals surface area contributed by atoms with Crippen molar-refractivity contribution in [3.63, 3.8) is 0 Å². The van der Waals surface area contributed by atoms with Crippen LogP contribution in [0.3, 0.4) is 0 Å². The van der Waals surface area contributed by atoms with Gasteiger partial charge in [-0.2, -0.15) is 0 Å². The molecule has 0 aromatic heterocycles. The molecule has 0 bridgehead atoms. The second-order valence-corrected chi connectivity index (χ2v) is 6.36. The minimum atomic E-state index is -0.415. The molecule has 0 unspecified atom stereocenters. The van der Waals surface area contributed by atoms with Gasteiger partial charge in [-0.3, -0.25) is 14.9 Å². The lowest BCUT2D eigenvalue weighted by molar-refractivity contribution is -0.384. The van der Waals surface area contributed by atoms with E-state index in [9.17, 15) is 14.9 Å². The van der Waals surface area contributed by atoms with Crippen molar-refractivity contribution in [2.75, 3.05) is 18.0 Å². The Morgan fingerprint density at radius 3 is 2.43 bits per heavy atom. The third-order valence-corrected chi connectivity index (χ3v) is 3.37. The predicted octanol–water partition coefficient (Wildman–Crippen LogP) is 2.72. The Morgan fingerprint density at radius 2 is 1.90 bits per heavy atom. The Labute approximate surface area is 124 Å². The Hall–Kier alpha value is -2.11. The van der Waals surface area contributed by atoms with Crippen LogP contribution in [0, 0.1) is 10.1 Å². The quantitative estimate of drug-likeness (QED) is 0.686. The van der Waals surface area contributed by atoms with Gasteiger partial charge in [-0.1, -0.05) is 0 Å². The second kappa shape index (κ2) is 5.71. The van der Waals surface area contributed by atoms with Gasteiger partial charge in [0.1, 0.15) is 5.69 Å². The van der Waals surface area contributed by atoms with Gasteiger partial charge in [0.05, 0.1) is 4.92 Å². The molecule has 1 amide bonds. The Kier molecular flexibility index (Phi) is 4.16. The van der Waals surface area contributed by atoms with E-state index in [2.05, 4.69) is 5.32 Å². The molecule has 1 aliphatic rings. The molecule has 1 aromatic carbocycles. The van der Waals surface area contributed by atoms with Crippen LogP contribution in [0.15, 0.2) is 18.2 Å². The van der Waals surface area contributed by atoms with Crippen LogP contribution < -0.4 is 10.2 Å². The van der Waals surface area contributed by atoms with Crippen molar-refractivity contribution in [3.8, 4) is 0 Å². The Morgan fingerprint density at radius 1 is 1.29 bits per heavy atom. The summed E-state index contributed by atoms with van der Waals surface area (Å²) in [6.07, 6.45) is 2.09. The van der Waals surface area contributed by atoms with Gasteiger partial charge in [0.25, 0.3) is 11.6 Å². The molecule has 0 spiro atoms. The average Bonchev–Trinajstić information content (AvgIpc) is 2.89. The third kappa shape index (κ3) is 3.71. The highest BCUT2D eigenvalue weighted by molar-refractivity contribution is 5.96. The van der Waals surface area contributed by atoms with E-state index in [1.807, 2.05) is 25.7 Å². The van der Waals surface area contributed by atoms with E-state index < -0.39 is 4.92 Å². The molecule has 1 aromatic rings. The van der Waals surface area contributed by atoms with Crippen LogP contribution in [-0.2, 0) is 0 Å². The zero-order chi connectivity index (χ0) is 15.6. The van der Waals surface area contributed by atoms with Crippen molar-refractivity contribution in [2.24, 2.45) is 0 Å². The Bertz CT molecular complexity index is 558. The molecule has 114 valence electrons. The fraction of sp³-hybridized carbons (Fsp3) is 0.533. The lowest BCUT2D eigenvalue weighted by Crippen LogP contribution is -2.40. The van der Waals surface area contributed by atoms with E-state index in [0.29, 0.717) is 11.3 Å². The summed E-state index contributed by atoms with van der Waals surface area (Å²) < 4.78 is 0. The number of amides is 1. The highest BCUT2D eigenvalue weighted by Crippen LogP contribution is 2.31. The molecular formula is C15H21N3O3. The Balaban J connectivity index is 2.32. The number of hydrogen-bond acceptors (Lipinski definition) is 4. The molecule has 1 N–H and O–H groups in total. The number of carbonyl (C=O) groups excluding carboxylic acids is 1. The number of nitro groups is 1. The van der Waals surface area contributed by atoms with Crippen LogP contribution in [0.4, 0.5) is 11.4 Å². The largest absolute Gasteiger partial charge is 0.366 e. The lowest BCUT2D eigenvalue weighted by atomic mass is 10.1. The first-order chi connectivity index (χ1) is 9.78. The highest BCUT2D eigenvalue weighted by atomic mass is 16.6. The third-order valence-electron chi connectivity index (χ3n) is 3.37. The summed E-state index contributed by atoms with van der Waals surface area (Å²) in [6.45, 7) is 7.27. The first-order valence-electron chi connectivity index (χ1n) is 7.14. The number of hydrogen-bond donors (Lipinski definition) is 1. The van der Waals surface area contributed by atoms with Crippen molar-refractivity contribution < 1.29 is 9.72 Å². The van der Waals surface area contributed by atoms with Crippen molar-refractivity contribution in [1.29, 1.82) is 0 Å². The summed E-state index contributed by atoms with van der Waals surface area (Å²) in [6, 6.07) is 4.71. The summed E-state index contributed by atoms with van der Waals surface area (Å²) in [5, 5.41) is 14.1. The summed E-state index contributed by atoms with van der Waals surface area (Å²) in [7, 11) is 0. The predicted molar refractivity (Wildman–Crippen MR) is 81.8 cm³/mol. The number of nitro benzene ring substituents is 1. The summed E-state index contributed by atoms with van der Waals surface area (Å²) in [5.41, 5.74) is 0.544. The van der Waals surface area contributed by atoms with Gasteiger partial charge < -0.3 is 10.2 Å². The summed E-state index contributed by atoms with van der Waals surface area (Å²) in [5.74, 6) is -0.293. The molecule has 21 heavy (non-hydrogen) atoms. The number of nitrogens with one attached hydrogen (secondary N) is 1. The van der Waals surface area contributed by atoms with Gasteiger partial charge in [0.2, 0.25) is 0 Å². The van der Waals surface area contributed by atoms with Crippen LogP contribution in [0.25, 0.3) is 0 Å². The lowest BCUT2D eigenvalue weighted by Gasteiger charge is -2.21. The molecule has 0 radical (unpaired) electrons. The highest BCUT2D eigenvalue weighted by Gasteiger charge is 2.24. The molecule has 0 atom stereocenters. The molecule has 0 saturated carbocycles. The number of anilines is 1. The van der Waals surface area contributed by atoms with Gasteiger partial charge in [0.15, 0.2) is 0 Å². The molecule has 1 heterocycles. The van der Waals surface area contributed by atoms with Gasteiger partial charge in [-0.05, 0) is 45.7 Å². The first kappa shape index (κ1) is 15.3. The molecule has 6 nitrogen and oxygen atoms in total. The van der Waals surface area contributed by atoms with E-state index in [0.717, 1.165) is 25.9 Å². The van der Waals surface area contributed by atoms with Crippen LogP contribution >= 0.6 is 0 Å². The van der Waals surface area contributed by atoms with Crippen LogP contribution in [0.2, 0.25) is 0 Å². The first-order valence-corrected chi connectivity index (χ1v) is 7.14. The van der Waals surface area contributed by atoms with E-state index in [1.54, 1.807) is 12.1 Å². The summed E-state index contributed by atoms with van der Waals surface area (Å²) in [4.78, 5) is 25.0. The van der Waals surface area contributed by atoms with Crippen molar-refractivity contribution in [3.05, 3.63) is 33.9 Å². The van der Waals surface area contributed by atoms with Crippen molar-refractivity contribution >= 4 is 17.3 Å². The normalized spacial score (nSPS) is 15.1. The molecule has 0 aliphatic carbocycles. The molecular weight excluding hydrogens is 270 g/mol. The van der Waals surface area contributed by atoms with Gasteiger partial charge >= 0.3 is 0 Å². The smallest absolute Gasteiger partial charge is 0.293 e. The minimum Gasteiger partial charge on any atom is -0.366 e. The number of benzene rings is 1. The molecule has 1 fully saturated rings. The molecule has 1 aliphatic heterocycles. The monoisotopic (exact) mass is 291 g/mol. The number of nitrogens with zero attached hydrogens (tertiary/aromatic N) is 2. The van der Waals surface area contributed by atoms with Gasteiger partial charge in [-0.25, -0.2) is 0 Å². The average molecular weight is 291 g/mol. The zero-order valence-corrected chi connectivity index (χ0v) is 12.7. The van der Waals surface area contributed by atoms with Crippen LogP contribution in [0.5, 0.6) is 0 Å². The van der Waals surface area contributed by atoms with E-state index in [-0.39, 0.29) is 17.1 Å². The van der Waals surface area contributed by atoms with E-state index in [1.165, 1.54) is 6.07 Å². The minimum absolute atomic E-state index is 0.00143. The van der Waals surface area contributed by atoms with Gasteiger partial charge in [-0.15, -0.1) is 0 Å². The second-order valence-electron chi connectivity index (χ2n) is 6.36. The zero-order valence-electron chi connectivity index (χ0n) is 12.7.